The summed E-state index contributed by atoms with van der Waals surface area (Å²) in [4.78, 5) is 0. The van der Waals surface area contributed by atoms with Gasteiger partial charge in [0.2, 0.25) is 5.88 Å². The second-order valence-electron chi connectivity index (χ2n) is 5.70. The summed E-state index contributed by atoms with van der Waals surface area (Å²) in [5.41, 5.74) is 4.10. The van der Waals surface area contributed by atoms with Crippen LogP contribution in [0.1, 0.15) is 56.4 Å². The molecule has 3 nitrogen and oxygen atoms in total. The molecular formula is C17H24N2O. The Morgan fingerprint density at radius 2 is 2.05 bits per heavy atom. The van der Waals surface area contributed by atoms with E-state index < -0.39 is 0 Å². The van der Waals surface area contributed by atoms with Crippen LogP contribution >= 0.6 is 0 Å². The summed E-state index contributed by atoms with van der Waals surface area (Å²) in [6.07, 6.45) is 3.08. The maximum Gasteiger partial charge on any atom is 0.217 e. The van der Waals surface area contributed by atoms with Gasteiger partial charge in [0.25, 0.3) is 0 Å². The smallest absolute Gasteiger partial charge is 0.217 e. The first-order chi connectivity index (χ1) is 9.54. The molecule has 3 heteroatoms. The van der Waals surface area contributed by atoms with Crippen LogP contribution in [0.5, 0.6) is 5.88 Å². The number of benzene rings is 1. The van der Waals surface area contributed by atoms with Gasteiger partial charge in [-0.2, -0.15) is 5.10 Å². The number of hydrogen-bond donors (Lipinski definition) is 1. The highest BCUT2D eigenvalue weighted by atomic mass is 16.3. The van der Waals surface area contributed by atoms with Crippen molar-refractivity contribution in [1.29, 1.82) is 0 Å². The molecule has 0 aliphatic carbocycles. The molecule has 0 fully saturated rings. The Kier molecular flexibility index (Phi) is 4.48. The molecule has 108 valence electrons. The second-order valence-corrected chi connectivity index (χ2v) is 5.70. The summed E-state index contributed by atoms with van der Waals surface area (Å²) in [6, 6.07) is 8.06. The van der Waals surface area contributed by atoms with Gasteiger partial charge in [-0.15, -0.1) is 0 Å². The fourth-order valence-corrected chi connectivity index (χ4v) is 2.45. The fourth-order valence-electron chi connectivity index (χ4n) is 2.45. The molecule has 0 radical (unpaired) electrons. The van der Waals surface area contributed by atoms with Crippen molar-refractivity contribution in [1.82, 2.24) is 9.78 Å². The molecule has 2 aromatic rings. The van der Waals surface area contributed by atoms with Gasteiger partial charge in [-0.05, 0) is 43.4 Å². The van der Waals surface area contributed by atoms with E-state index in [1.807, 2.05) is 31.2 Å². The van der Waals surface area contributed by atoms with E-state index in [9.17, 15) is 5.11 Å². The van der Waals surface area contributed by atoms with Gasteiger partial charge >= 0.3 is 0 Å². The van der Waals surface area contributed by atoms with Crippen LogP contribution in [0.3, 0.4) is 0 Å². The predicted molar refractivity (Wildman–Crippen MR) is 82.7 cm³/mol. The topological polar surface area (TPSA) is 38.0 Å². The van der Waals surface area contributed by atoms with Crippen molar-refractivity contribution in [3.8, 4) is 11.6 Å². The summed E-state index contributed by atoms with van der Waals surface area (Å²) in [6.45, 7) is 8.46. The molecule has 0 aliphatic heterocycles. The highest BCUT2D eigenvalue weighted by Gasteiger charge is 2.19. The van der Waals surface area contributed by atoms with Gasteiger partial charge in [-0.1, -0.05) is 39.3 Å². The Morgan fingerprint density at radius 1 is 1.30 bits per heavy atom. The van der Waals surface area contributed by atoms with Crippen LogP contribution < -0.4 is 0 Å². The van der Waals surface area contributed by atoms with Gasteiger partial charge < -0.3 is 5.11 Å². The molecule has 0 atom stereocenters. The Balaban J connectivity index is 2.49. The Bertz CT molecular complexity index is 585. The van der Waals surface area contributed by atoms with E-state index in [0.717, 1.165) is 36.2 Å². The molecule has 0 saturated heterocycles. The van der Waals surface area contributed by atoms with Crippen molar-refractivity contribution in [3.63, 3.8) is 0 Å². The van der Waals surface area contributed by atoms with Crippen molar-refractivity contribution >= 4 is 0 Å². The zero-order valence-corrected chi connectivity index (χ0v) is 12.8. The van der Waals surface area contributed by atoms with Gasteiger partial charge in [-0.25, -0.2) is 4.68 Å². The molecule has 20 heavy (non-hydrogen) atoms. The van der Waals surface area contributed by atoms with E-state index in [2.05, 4.69) is 25.9 Å². The molecule has 2 rings (SSSR count). The van der Waals surface area contributed by atoms with Crippen molar-refractivity contribution < 1.29 is 5.11 Å². The SMILES string of the molecule is CCCCc1c(C(C)C)nn(-c2cccc(C)c2)c1O. The van der Waals surface area contributed by atoms with Crippen molar-refractivity contribution in [2.24, 2.45) is 0 Å². The van der Waals surface area contributed by atoms with Gasteiger partial charge in [-0.3, -0.25) is 0 Å². The Labute approximate surface area is 121 Å². The lowest BCUT2D eigenvalue weighted by molar-refractivity contribution is 0.427. The first-order valence-corrected chi connectivity index (χ1v) is 7.42. The van der Waals surface area contributed by atoms with E-state index in [-0.39, 0.29) is 0 Å². The van der Waals surface area contributed by atoms with Gasteiger partial charge in [0.1, 0.15) is 0 Å². The quantitative estimate of drug-likeness (QED) is 0.878. The van der Waals surface area contributed by atoms with Crippen LogP contribution in [0, 0.1) is 6.92 Å². The van der Waals surface area contributed by atoms with E-state index in [1.165, 1.54) is 5.56 Å². The lowest BCUT2D eigenvalue weighted by atomic mass is 10.0. The van der Waals surface area contributed by atoms with E-state index >= 15 is 0 Å². The minimum absolute atomic E-state index is 0.299. The maximum atomic E-state index is 10.5. The zero-order valence-electron chi connectivity index (χ0n) is 12.8. The van der Waals surface area contributed by atoms with Crippen LogP contribution in [0.25, 0.3) is 5.69 Å². The largest absolute Gasteiger partial charge is 0.493 e. The molecular weight excluding hydrogens is 248 g/mol. The molecule has 0 bridgehead atoms. The number of unbranched alkanes of at least 4 members (excludes halogenated alkanes) is 1. The van der Waals surface area contributed by atoms with Crippen molar-refractivity contribution in [2.45, 2.75) is 52.9 Å². The Hall–Kier alpha value is -1.77. The number of aromatic hydroxyl groups is 1. The maximum absolute atomic E-state index is 10.5. The fraction of sp³-hybridized carbons (Fsp3) is 0.471. The first kappa shape index (κ1) is 14.6. The van der Waals surface area contributed by atoms with Crippen LogP contribution in [0.15, 0.2) is 24.3 Å². The number of aromatic nitrogens is 2. The van der Waals surface area contributed by atoms with E-state index in [4.69, 9.17) is 0 Å². The van der Waals surface area contributed by atoms with Crippen LogP contribution in [-0.4, -0.2) is 14.9 Å². The average molecular weight is 272 g/mol. The molecule has 0 amide bonds. The third-order valence-electron chi connectivity index (χ3n) is 3.56. The average Bonchev–Trinajstić information content (AvgIpc) is 2.74. The highest BCUT2D eigenvalue weighted by Crippen LogP contribution is 2.30. The molecule has 1 heterocycles. The number of hydrogen-bond acceptors (Lipinski definition) is 2. The molecule has 1 N–H and O–H groups in total. The van der Waals surface area contributed by atoms with Crippen LogP contribution in [0.2, 0.25) is 0 Å². The Morgan fingerprint density at radius 3 is 2.65 bits per heavy atom. The van der Waals surface area contributed by atoms with Gasteiger partial charge in [0, 0.05) is 5.56 Å². The lowest BCUT2D eigenvalue weighted by Gasteiger charge is -2.05. The van der Waals surface area contributed by atoms with Gasteiger partial charge in [0.15, 0.2) is 0 Å². The summed E-state index contributed by atoms with van der Waals surface area (Å²) in [5.74, 6) is 0.617. The summed E-state index contributed by atoms with van der Waals surface area (Å²) >= 11 is 0. The normalized spacial score (nSPS) is 11.2. The number of nitrogens with zero attached hydrogens (tertiary/aromatic N) is 2. The van der Waals surface area contributed by atoms with E-state index in [0.29, 0.717) is 11.8 Å². The minimum Gasteiger partial charge on any atom is -0.493 e. The summed E-state index contributed by atoms with van der Waals surface area (Å²) < 4.78 is 1.67. The molecule has 1 aromatic carbocycles. The lowest BCUT2D eigenvalue weighted by Crippen LogP contribution is -1.98. The minimum atomic E-state index is 0.299. The molecule has 0 saturated carbocycles. The summed E-state index contributed by atoms with van der Waals surface area (Å²) in [7, 11) is 0. The number of aryl methyl sites for hydroxylation is 1. The molecule has 1 aromatic heterocycles. The molecule has 0 aliphatic rings. The first-order valence-electron chi connectivity index (χ1n) is 7.42. The molecule has 0 unspecified atom stereocenters. The monoisotopic (exact) mass is 272 g/mol. The van der Waals surface area contributed by atoms with Crippen molar-refractivity contribution in [2.75, 3.05) is 0 Å². The molecule has 0 spiro atoms. The van der Waals surface area contributed by atoms with E-state index in [1.54, 1.807) is 4.68 Å². The van der Waals surface area contributed by atoms with Crippen LogP contribution in [-0.2, 0) is 6.42 Å². The third-order valence-corrected chi connectivity index (χ3v) is 3.56. The predicted octanol–water partition coefficient (Wildman–Crippen LogP) is 4.35. The number of rotatable bonds is 5. The zero-order chi connectivity index (χ0) is 14.7. The third kappa shape index (κ3) is 2.87. The summed E-state index contributed by atoms with van der Waals surface area (Å²) in [5, 5.41) is 15.2. The van der Waals surface area contributed by atoms with Crippen molar-refractivity contribution in [3.05, 3.63) is 41.1 Å². The van der Waals surface area contributed by atoms with Crippen LogP contribution in [0.4, 0.5) is 0 Å². The standard InChI is InChI=1S/C17H24N2O/c1-5-6-10-15-16(12(2)3)18-19(17(15)20)14-9-7-8-13(4)11-14/h7-9,11-12,20H,5-6,10H2,1-4H3. The second kappa shape index (κ2) is 6.12. The van der Waals surface area contributed by atoms with Gasteiger partial charge in [0.05, 0.1) is 11.4 Å². The highest BCUT2D eigenvalue weighted by molar-refractivity contribution is 5.43.